The Balaban J connectivity index is 1.44. The summed E-state index contributed by atoms with van der Waals surface area (Å²) >= 11 is 0. The maximum atomic E-state index is 12.1. The number of nitrogens with zero attached hydrogens (tertiary/aromatic N) is 1. The molecule has 6 rings (SSSR count). The van der Waals surface area contributed by atoms with Crippen molar-refractivity contribution < 1.29 is 35.1 Å². The largest absolute Gasteiger partial charge is 0.456 e. The van der Waals surface area contributed by atoms with Gasteiger partial charge in [-0.05, 0) is 64.6 Å². The lowest BCUT2D eigenvalue weighted by Crippen LogP contribution is -2.27. The minimum atomic E-state index is -4.46. The second kappa shape index (κ2) is 12.0. The number of hydrogen-bond donors (Lipinski definition) is 2. The Bertz CT molecular complexity index is 2170. The first-order valence-electron chi connectivity index (χ1n) is 14.1. The standard InChI is InChI=1S/C34H29NO8S2/c1-2-23(17-33-29(21-44(36,37)38)28-19-26(13-15-31(28)42-33)24-9-5-3-6-10-24)18-34-35(22-45(39,40)41)30-20-27(14-16-32(30)43-34)25-11-7-4-8-12-25/h3-20H,2,21-22H2,1H3,(H,36,37,38)(H,39,40,41)/b23-17-,34-18-. The summed E-state index contributed by atoms with van der Waals surface area (Å²) in [6, 6.07) is 30.0. The van der Waals surface area contributed by atoms with Crippen LogP contribution in [-0.4, -0.2) is 31.8 Å². The number of fused-ring (bicyclic) bond motifs is 2. The summed E-state index contributed by atoms with van der Waals surface area (Å²) in [5.74, 6) is -0.632. The molecule has 45 heavy (non-hydrogen) atoms. The Morgan fingerprint density at radius 1 is 0.778 bits per heavy atom. The van der Waals surface area contributed by atoms with Gasteiger partial charge in [0.05, 0.1) is 5.69 Å². The molecule has 0 bridgehead atoms. The van der Waals surface area contributed by atoms with Crippen molar-refractivity contribution in [1.82, 2.24) is 0 Å². The molecule has 5 aromatic rings. The van der Waals surface area contributed by atoms with Crippen LogP contribution in [0, 0.1) is 0 Å². The molecular weight excluding hydrogens is 615 g/mol. The summed E-state index contributed by atoms with van der Waals surface area (Å²) in [5, 5.41) is 0.536. The molecular formula is C34H29NO8S2. The minimum Gasteiger partial charge on any atom is -0.456 e. The molecule has 1 aliphatic rings. The first-order chi connectivity index (χ1) is 21.5. The molecule has 4 aromatic carbocycles. The summed E-state index contributed by atoms with van der Waals surface area (Å²) in [6.45, 7) is 1.87. The lowest BCUT2D eigenvalue weighted by molar-refractivity contribution is 0.436. The van der Waals surface area contributed by atoms with Gasteiger partial charge >= 0.3 is 0 Å². The van der Waals surface area contributed by atoms with E-state index in [0.717, 1.165) is 22.3 Å². The van der Waals surface area contributed by atoms with Crippen LogP contribution < -0.4 is 9.64 Å². The van der Waals surface area contributed by atoms with E-state index in [1.54, 1.807) is 30.4 Å². The van der Waals surface area contributed by atoms with Crippen LogP contribution in [0.1, 0.15) is 24.7 Å². The first-order valence-corrected chi connectivity index (χ1v) is 17.3. The molecule has 0 saturated carbocycles. The molecule has 0 radical (unpaired) electrons. The Morgan fingerprint density at radius 3 is 2.00 bits per heavy atom. The smallest absolute Gasteiger partial charge is 0.283 e. The van der Waals surface area contributed by atoms with Gasteiger partial charge in [0.1, 0.15) is 17.1 Å². The molecule has 2 N–H and O–H groups in total. The Labute approximate surface area is 261 Å². The fourth-order valence-corrected chi connectivity index (χ4v) is 6.57. The molecule has 0 fully saturated rings. The number of anilines is 1. The summed E-state index contributed by atoms with van der Waals surface area (Å²) in [4.78, 5) is 1.37. The second-order valence-electron chi connectivity index (χ2n) is 10.6. The van der Waals surface area contributed by atoms with Gasteiger partial charge in [0.15, 0.2) is 11.6 Å². The number of rotatable bonds is 9. The zero-order chi connectivity index (χ0) is 31.8. The zero-order valence-corrected chi connectivity index (χ0v) is 25.8. The van der Waals surface area contributed by atoms with Gasteiger partial charge in [-0.2, -0.15) is 16.8 Å². The SMILES string of the molecule is CCC(=C/c1oc2ccc(-c3ccccc3)cc2c1CS(=O)(=O)O)/C=C1\Oc2ccc(-c3ccccc3)cc2N1CS(=O)(=O)O. The average Bonchev–Trinajstić information content (AvgIpc) is 3.51. The van der Waals surface area contributed by atoms with Crippen molar-refractivity contribution in [3.05, 3.63) is 126 Å². The zero-order valence-electron chi connectivity index (χ0n) is 24.1. The maximum absolute atomic E-state index is 12.1. The Kier molecular flexibility index (Phi) is 8.10. The van der Waals surface area contributed by atoms with Gasteiger partial charge in [-0.25, -0.2) is 0 Å². The first kappa shape index (κ1) is 30.4. The lowest BCUT2D eigenvalue weighted by Gasteiger charge is -2.17. The van der Waals surface area contributed by atoms with Gasteiger partial charge in [0, 0.05) is 17.0 Å². The molecule has 1 aromatic heterocycles. The predicted molar refractivity (Wildman–Crippen MR) is 175 cm³/mol. The summed E-state index contributed by atoms with van der Waals surface area (Å²) in [6.07, 6.45) is 3.69. The van der Waals surface area contributed by atoms with E-state index in [-0.39, 0.29) is 17.2 Å². The van der Waals surface area contributed by atoms with Crippen molar-refractivity contribution in [2.45, 2.75) is 19.1 Å². The third-order valence-electron chi connectivity index (χ3n) is 7.42. The molecule has 9 nitrogen and oxygen atoms in total. The van der Waals surface area contributed by atoms with Crippen molar-refractivity contribution in [3.63, 3.8) is 0 Å². The molecule has 11 heteroatoms. The molecule has 1 aliphatic heterocycles. The monoisotopic (exact) mass is 643 g/mol. The van der Waals surface area contributed by atoms with Crippen LogP contribution in [-0.2, 0) is 26.0 Å². The van der Waals surface area contributed by atoms with E-state index in [2.05, 4.69) is 0 Å². The highest BCUT2D eigenvalue weighted by Crippen LogP contribution is 2.42. The summed E-state index contributed by atoms with van der Waals surface area (Å²) in [5.41, 5.74) is 5.33. The van der Waals surface area contributed by atoms with E-state index in [9.17, 15) is 25.9 Å². The van der Waals surface area contributed by atoms with E-state index in [1.165, 1.54) is 4.90 Å². The maximum Gasteiger partial charge on any atom is 0.283 e. The van der Waals surface area contributed by atoms with Gasteiger partial charge in [0.25, 0.3) is 20.2 Å². The minimum absolute atomic E-state index is 0.153. The van der Waals surface area contributed by atoms with Crippen molar-refractivity contribution in [3.8, 4) is 28.0 Å². The number of benzene rings is 4. The highest BCUT2D eigenvalue weighted by atomic mass is 32.2. The molecule has 0 aliphatic carbocycles. The normalized spacial score (nSPS) is 14.6. The third kappa shape index (κ3) is 6.86. The molecule has 0 amide bonds. The number of allylic oxidation sites excluding steroid dienone is 2. The van der Waals surface area contributed by atoms with Crippen LogP contribution in [0.15, 0.2) is 119 Å². The van der Waals surface area contributed by atoms with Gasteiger partial charge in [0.2, 0.25) is 5.88 Å². The average molecular weight is 644 g/mol. The third-order valence-corrected chi connectivity index (χ3v) is 8.66. The van der Waals surface area contributed by atoms with Crippen molar-refractivity contribution >= 4 is 43.0 Å². The number of furan rings is 1. The molecule has 0 saturated heterocycles. The van der Waals surface area contributed by atoms with Gasteiger partial charge < -0.3 is 9.15 Å². The van der Waals surface area contributed by atoms with Crippen LogP contribution in [0.4, 0.5) is 5.69 Å². The van der Waals surface area contributed by atoms with Crippen molar-refractivity contribution in [2.75, 3.05) is 10.8 Å². The van der Waals surface area contributed by atoms with Crippen LogP contribution in [0.5, 0.6) is 5.75 Å². The highest BCUT2D eigenvalue weighted by molar-refractivity contribution is 7.85. The predicted octanol–water partition coefficient (Wildman–Crippen LogP) is 7.53. The summed E-state index contributed by atoms with van der Waals surface area (Å²) < 4.78 is 80.1. The van der Waals surface area contributed by atoms with Gasteiger partial charge in [-0.15, -0.1) is 0 Å². The van der Waals surface area contributed by atoms with Crippen LogP contribution in [0.3, 0.4) is 0 Å². The van der Waals surface area contributed by atoms with Gasteiger partial charge in [-0.1, -0.05) is 79.7 Å². The number of ether oxygens (including phenoxy) is 1. The van der Waals surface area contributed by atoms with Crippen molar-refractivity contribution in [1.29, 1.82) is 0 Å². The number of hydrogen-bond acceptors (Lipinski definition) is 7. The lowest BCUT2D eigenvalue weighted by atomic mass is 10.0. The van der Waals surface area contributed by atoms with Crippen LogP contribution in [0.2, 0.25) is 0 Å². The van der Waals surface area contributed by atoms with E-state index in [1.807, 2.05) is 85.8 Å². The fraction of sp³-hybridized carbons (Fsp3) is 0.118. The van der Waals surface area contributed by atoms with Crippen LogP contribution in [0.25, 0.3) is 39.3 Å². The fourth-order valence-electron chi connectivity index (χ4n) is 5.31. The highest BCUT2D eigenvalue weighted by Gasteiger charge is 2.30. The molecule has 230 valence electrons. The van der Waals surface area contributed by atoms with E-state index in [0.29, 0.717) is 34.4 Å². The molecule has 2 heterocycles. The Morgan fingerprint density at radius 2 is 1.40 bits per heavy atom. The van der Waals surface area contributed by atoms with Crippen molar-refractivity contribution in [2.24, 2.45) is 0 Å². The molecule has 0 unspecified atom stereocenters. The van der Waals surface area contributed by atoms with E-state index in [4.69, 9.17) is 9.15 Å². The molecule has 0 atom stereocenters. The quantitative estimate of drug-likeness (QED) is 0.156. The van der Waals surface area contributed by atoms with Crippen LogP contribution >= 0.6 is 0 Å². The second-order valence-corrected chi connectivity index (χ2v) is 13.5. The summed E-state index contributed by atoms with van der Waals surface area (Å²) in [7, 11) is -8.89. The topological polar surface area (TPSA) is 134 Å². The van der Waals surface area contributed by atoms with E-state index >= 15 is 0 Å². The van der Waals surface area contributed by atoms with Gasteiger partial charge in [-0.3, -0.25) is 14.0 Å². The van der Waals surface area contributed by atoms with E-state index < -0.39 is 31.9 Å². The molecule has 0 spiro atoms. The Hall–Kier alpha value is -4.68.